The lowest BCUT2D eigenvalue weighted by Crippen LogP contribution is -2.17. The number of rotatable bonds is 9. The van der Waals surface area contributed by atoms with Crippen LogP contribution in [0.5, 0.6) is 11.5 Å². The van der Waals surface area contributed by atoms with E-state index in [1.54, 1.807) is 14.2 Å². The van der Waals surface area contributed by atoms with Crippen molar-refractivity contribution in [3.05, 3.63) is 53.6 Å². The van der Waals surface area contributed by atoms with Crippen LogP contribution in [0.15, 0.2) is 42.5 Å². The van der Waals surface area contributed by atoms with Crippen molar-refractivity contribution >= 4 is 5.69 Å². The smallest absolute Gasteiger partial charge is 0.122 e. The van der Waals surface area contributed by atoms with Crippen molar-refractivity contribution in [2.24, 2.45) is 0 Å². The first kappa shape index (κ1) is 17.2. The van der Waals surface area contributed by atoms with E-state index >= 15 is 0 Å². The van der Waals surface area contributed by atoms with Crippen LogP contribution in [-0.2, 0) is 6.54 Å². The summed E-state index contributed by atoms with van der Waals surface area (Å²) < 4.78 is 10.6. The summed E-state index contributed by atoms with van der Waals surface area (Å²) in [5.74, 6) is 1.64. The van der Waals surface area contributed by atoms with Crippen LogP contribution in [0.1, 0.15) is 17.5 Å². The monoisotopic (exact) mass is 314 g/mol. The molecule has 0 spiro atoms. The maximum Gasteiger partial charge on any atom is 0.122 e. The fourth-order valence-electron chi connectivity index (χ4n) is 2.40. The van der Waals surface area contributed by atoms with E-state index in [0.29, 0.717) is 0 Å². The molecule has 4 heteroatoms. The molecular weight excluding hydrogens is 288 g/mol. The summed E-state index contributed by atoms with van der Waals surface area (Å²) in [4.78, 5) is 0. The van der Waals surface area contributed by atoms with E-state index in [-0.39, 0.29) is 0 Å². The molecule has 124 valence electrons. The standard InChI is InChI=1S/C19H26N2O2/c1-15-6-4-7-17(10-15)21-9-5-8-20-14-16-11-18(22-2)13-19(12-16)23-3/h4,6-7,10-13,20-21H,5,8-9,14H2,1-3H3. The van der Waals surface area contributed by atoms with Crippen LogP contribution in [-0.4, -0.2) is 27.3 Å². The van der Waals surface area contributed by atoms with Crippen LogP contribution in [0.3, 0.4) is 0 Å². The molecule has 0 saturated carbocycles. The number of aryl methyl sites for hydroxylation is 1. The third-order valence-corrected chi connectivity index (χ3v) is 3.62. The molecular formula is C19H26N2O2. The minimum Gasteiger partial charge on any atom is -0.497 e. The SMILES string of the molecule is COc1cc(CNCCCNc2cccc(C)c2)cc(OC)c1. The topological polar surface area (TPSA) is 42.5 Å². The molecule has 0 unspecified atom stereocenters. The maximum atomic E-state index is 5.28. The molecule has 0 fully saturated rings. The van der Waals surface area contributed by atoms with Gasteiger partial charge in [-0.25, -0.2) is 0 Å². The van der Waals surface area contributed by atoms with Crippen LogP contribution < -0.4 is 20.1 Å². The first-order valence-corrected chi connectivity index (χ1v) is 7.94. The Labute approximate surface area is 138 Å². The highest BCUT2D eigenvalue weighted by Crippen LogP contribution is 2.22. The molecule has 2 aromatic carbocycles. The van der Waals surface area contributed by atoms with Crippen molar-refractivity contribution in [3.63, 3.8) is 0 Å². The quantitative estimate of drug-likeness (QED) is 0.694. The molecule has 0 bridgehead atoms. The number of methoxy groups -OCH3 is 2. The molecule has 0 aliphatic heterocycles. The highest BCUT2D eigenvalue weighted by molar-refractivity contribution is 5.45. The summed E-state index contributed by atoms with van der Waals surface area (Å²) in [7, 11) is 3.34. The summed E-state index contributed by atoms with van der Waals surface area (Å²) in [5, 5.41) is 6.89. The van der Waals surface area contributed by atoms with Crippen molar-refractivity contribution in [1.82, 2.24) is 5.32 Å². The Kier molecular flexibility index (Phi) is 6.76. The highest BCUT2D eigenvalue weighted by Gasteiger charge is 2.01. The van der Waals surface area contributed by atoms with Crippen LogP contribution in [0.4, 0.5) is 5.69 Å². The number of benzene rings is 2. The van der Waals surface area contributed by atoms with Crippen LogP contribution in [0.2, 0.25) is 0 Å². The van der Waals surface area contributed by atoms with Gasteiger partial charge in [0, 0.05) is 24.8 Å². The molecule has 0 radical (unpaired) electrons. The van der Waals surface area contributed by atoms with Gasteiger partial charge >= 0.3 is 0 Å². The fraction of sp³-hybridized carbons (Fsp3) is 0.368. The Morgan fingerprint density at radius 2 is 1.65 bits per heavy atom. The second-order valence-electron chi connectivity index (χ2n) is 5.55. The minimum atomic E-state index is 0.804. The molecule has 2 N–H and O–H groups in total. The summed E-state index contributed by atoms with van der Waals surface area (Å²) >= 11 is 0. The van der Waals surface area contributed by atoms with Gasteiger partial charge in [0.1, 0.15) is 11.5 Å². The molecule has 0 amide bonds. The van der Waals surface area contributed by atoms with Crippen molar-refractivity contribution in [1.29, 1.82) is 0 Å². The number of anilines is 1. The lowest BCUT2D eigenvalue weighted by molar-refractivity contribution is 0.393. The average molecular weight is 314 g/mol. The summed E-state index contributed by atoms with van der Waals surface area (Å²) in [5.41, 5.74) is 3.62. The predicted octanol–water partition coefficient (Wildman–Crippen LogP) is 3.60. The molecule has 2 rings (SSSR count). The van der Waals surface area contributed by atoms with Gasteiger partial charge in [0.2, 0.25) is 0 Å². The first-order valence-electron chi connectivity index (χ1n) is 7.94. The second-order valence-corrected chi connectivity index (χ2v) is 5.55. The molecule has 0 aromatic heterocycles. The second kappa shape index (κ2) is 9.06. The van der Waals surface area contributed by atoms with Crippen LogP contribution in [0, 0.1) is 6.92 Å². The van der Waals surface area contributed by atoms with Gasteiger partial charge in [-0.15, -0.1) is 0 Å². The molecule has 23 heavy (non-hydrogen) atoms. The molecule has 2 aromatic rings. The molecule has 4 nitrogen and oxygen atoms in total. The fourth-order valence-corrected chi connectivity index (χ4v) is 2.40. The number of nitrogens with one attached hydrogen (secondary N) is 2. The van der Waals surface area contributed by atoms with Gasteiger partial charge in [-0.2, -0.15) is 0 Å². The molecule has 0 saturated heterocycles. The minimum absolute atomic E-state index is 0.804. The van der Waals surface area contributed by atoms with E-state index in [2.05, 4.69) is 41.8 Å². The van der Waals surface area contributed by atoms with E-state index < -0.39 is 0 Å². The van der Waals surface area contributed by atoms with E-state index in [9.17, 15) is 0 Å². The molecule has 0 atom stereocenters. The lowest BCUT2D eigenvalue weighted by Gasteiger charge is -2.10. The Morgan fingerprint density at radius 1 is 0.913 bits per heavy atom. The molecule has 0 aliphatic rings. The van der Waals surface area contributed by atoms with Gasteiger partial charge in [-0.1, -0.05) is 12.1 Å². The zero-order chi connectivity index (χ0) is 16.5. The van der Waals surface area contributed by atoms with Gasteiger partial charge in [-0.3, -0.25) is 0 Å². The largest absolute Gasteiger partial charge is 0.497 e. The summed E-state index contributed by atoms with van der Waals surface area (Å²) in [6.07, 6.45) is 1.06. The van der Waals surface area contributed by atoms with E-state index in [1.807, 2.05) is 18.2 Å². The van der Waals surface area contributed by atoms with Gasteiger partial charge in [0.15, 0.2) is 0 Å². The first-order chi connectivity index (χ1) is 11.2. The number of hydrogen-bond acceptors (Lipinski definition) is 4. The average Bonchev–Trinajstić information content (AvgIpc) is 2.57. The van der Waals surface area contributed by atoms with E-state index in [0.717, 1.165) is 43.1 Å². The highest BCUT2D eigenvalue weighted by atomic mass is 16.5. The number of ether oxygens (including phenoxy) is 2. The van der Waals surface area contributed by atoms with Crippen LogP contribution in [0.25, 0.3) is 0 Å². The Morgan fingerprint density at radius 3 is 2.30 bits per heavy atom. The van der Waals surface area contributed by atoms with Gasteiger partial charge in [0.05, 0.1) is 14.2 Å². The Balaban J connectivity index is 1.69. The zero-order valence-electron chi connectivity index (χ0n) is 14.2. The zero-order valence-corrected chi connectivity index (χ0v) is 14.2. The molecule has 0 aliphatic carbocycles. The summed E-state index contributed by atoms with van der Waals surface area (Å²) in [6, 6.07) is 14.4. The Hall–Kier alpha value is -2.20. The van der Waals surface area contributed by atoms with E-state index in [4.69, 9.17) is 9.47 Å². The van der Waals surface area contributed by atoms with Gasteiger partial charge < -0.3 is 20.1 Å². The van der Waals surface area contributed by atoms with Crippen molar-refractivity contribution in [2.75, 3.05) is 32.6 Å². The van der Waals surface area contributed by atoms with Gasteiger partial charge in [0.25, 0.3) is 0 Å². The normalized spacial score (nSPS) is 10.4. The van der Waals surface area contributed by atoms with Gasteiger partial charge in [-0.05, 0) is 55.3 Å². The van der Waals surface area contributed by atoms with Crippen LogP contribution >= 0.6 is 0 Å². The summed E-state index contributed by atoms with van der Waals surface area (Å²) in [6.45, 7) is 4.82. The van der Waals surface area contributed by atoms with Crippen molar-refractivity contribution < 1.29 is 9.47 Å². The predicted molar refractivity (Wildman–Crippen MR) is 95.5 cm³/mol. The molecule has 0 heterocycles. The third-order valence-electron chi connectivity index (χ3n) is 3.62. The lowest BCUT2D eigenvalue weighted by atomic mass is 10.2. The Bertz CT molecular complexity index is 592. The van der Waals surface area contributed by atoms with E-state index in [1.165, 1.54) is 11.3 Å². The maximum absolute atomic E-state index is 5.28. The third kappa shape index (κ3) is 5.83. The number of hydrogen-bond donors (Lipinski definition) is 2. The van der Waals surface area contributed by atoms with Crippen molar-refractivity contribution in [3.8, 4) is 11.5 Å². The van der Waals surface area contributed by atoms with Crippen molar-refractivity contribution in [2.45, 2.75) is 19.9 Å².